The predicted octanol–water partition coefficient (Wildman–Crippen LogP) is 2.03. The van der Waals surface area contributed by atoms with Crippen LogP contribution in [0.15, 0.2) is 12.7 Å². The molecule has 0 amide bonds. The van der Waals surface area contributed by atoms with Crippen molar-refractivity contribution in [1.82, 2.24) is 0 Å². The van der Waals surface area contributed by atoms with Crippen molar-refractivity contribution in [3.8, 4) is 0 Å². The van der Waals surface area contributed by atoms with Gasteiger partial charge in [0.25, 0.3) is 4.33 Å². The number of hydrogen-bond donors (Lipinski definition) is 1. The zero-order valence-corrected chi connectivity index (χ0v) is 8.28. The molecule has 80 valence electrons. The molecule has 0 saturated carbocycles. The molecule has 0 unspecified atom stereocenters. The third-order valence-corrected chi connectivity index (χ3v) is 1.95. The Morgan fingerprint density at radius 3 is 2.14 bits per heavy atom. The summed E-state index contributed by atoms with van der Waals surface area (Å²) in [4.78, 5) is 21.1. The van der Waals surface area contributed by atoms with Crippen molar-refractivity contribution in [1.29, 1.82) is 0 Å². The second-order valence-electron chi connectivity index (χ2n) is 2.41. The first-order valence-corrected chi connectivity index (χ1v) is 4.06. The van der Waals surface area contributed by atoms with Crippen molar-refractivity contribution in [2.24, 2.45) is 0 Å². The van der Waals surface area contributed by atoms with Crippen LogP contribution in [0.25, 0.3) is 0 Å². The van der Waals surface area contributed by atoms with E-state index in [1.54, 1.807) is 0 Å². The minimum atomic E-state index is -3.93. The molecule has 0 spiro atoms. The number of rotatable bonds is 5. The molecule has 0 aliphatic heterocycles. The summed E-state index contributed by atoms with van der Waals surface area (Å²) in [6, 6.07) is 0. The van der Waals surface area contributed by atoms with Gasteiger partial charge in [0.1, 0.15) is 0 Å². The first-order valence-electron chi connectivity index (χ1n) is 3.31. The molecule has 0 saturated heterocycles. The Hall–Kier alpha value is -0.680. The lowest BCUT2D eigenvalue weighted by Crippen LogP contribution is -2.46. The van der Waals surface area contributed by atoms with Gasteiger partial charge in [-0.3, -0.25) is 4.79 Å². The Morgan fingerprint density at radius 1 is 1.43 bits per heavy atom. The number of carboxylic acids is 1. The van der Waals surface area contributed by atoms with Gasteiger partial charge in [-0.2, -0.15) is 8.78 Å². The van der Waals surface area contributed by atoms with E-state index < -0.39 is 28.4 Å². The van der Waals surface area contributed by atoms with E-state index in [9.17, 15) is 18.4 Å². The highest BCUT2D eigenvalue weighted by molar-refractivity contribution is 6.67. The Kier molecular flexibility index (Phi) is 4.02. The van der Waals surface area contributed by atoms with Gasteiger partial charge in [0.15, 0.2) is 0 Å². The molecule has 1 N–H and O–H groups in total. The molecular weight excluding hydrogens is 241 g/mol. The molecule has 3 nitrogen and oxygen atoms in total. The summed E-state index contributed by atoms with van der Waals surface area (Å²) in [5.74, 6) is -8.03. The third kappa shape index (κ3) is 2.65. The fourth-order valence-corrected chi connectivity index (χ4v) is 0.877. The number of carbonyl (C=O) groups is 2. The molecule has 0 rings (SSSR count). The van der Waals surface area contributed by atoms with Gasteiger partial charge in [-0.1, -0.05) is 29.3 Å². The summed E-state index contributed by atoms with van der Waals surface area (Å²) in [5.41, 5.74) is 0. The van der Waals surface area contributed by atoms with Gasteiger partial charge in [-0.15, -0.1) is 6.58 Å². The van der Waals surface area contributed by atoms with E-state index in [1.165, 1.54) is 0 Å². The summed E-state index contributed by atoms with van der Waals surface area (Å²) in [5, 5.41) is 8.30. The van der Waals surface area contributed by atoms with Gasteiger partial charge in [0.05, 0.1) is 0 Å². The van der Waals surface area contributed by atoms with Crippen LogP contribution in [0, 0.1) is 0 Å². The number of aliphatic carboxylic acids is 1. The second-order valence-corrected chi connectivity index (χ2v) is 3.73. The van der Waals surface area contributed by atoms with Gasteiger partial charge < -0.3 is 5.11 Å². The van der Waals surface area contributed by atoms with E-state index >= 15 is 0 Å². The van der Waals surface area contributed by atoms with E-state index in [-0.39, 0.29) is 0 Å². The van der Waals surface area contributed by atoms with Gasteiger partial charge in [0.2, 0.25) is 5.78 Å². The maximum absolute atomic E-state index is 12.8. The molecule has 0 aromatic carbocycles. The van der Waals surface area contributed by atoms with Crippen LogP contribution in [0.2, 0.25) is 0 Å². The highest BCUT2D eigenvalue weighted by Crippen LogP contribution is 2.33. The van der Waals surface area contributed by atoms with Crippen molar-refractivity contribution in [2.75, 3.05) is 0 Å². The number of carbonyl (C=O) groups excluding carboxylic acids is 1. The van der Waals surface area contributed by atoms with E-state index in [0.717, 1.165) is 6.08 Å². The Morgan fingerprint density at radius 2 is 1.86 bits per heavy atom. The minimum absolute atomic E-state index is 0.767. The zero-order chi connectivity index (χ0) is 11.6. The third-order valence-electron chi connectivity index (χ3n) is 1.29. The van der Waals surface area contributed by atoms with Gasteiger partial charge in [0, 0.05) is 6.42 Å². The van der Waals surface area contributed by atoms with Crippen molar-refractivity contribution < 1.29 is 23.5 Å². The first kappa shape index (κ1) is 13.3. The fourth-order valence-electron chi connectivity index (χ4n) is 0.601. The first-order chi connectivity index (χ1) is 6.16. The summed E-state index contributed by atoms with van der Waals surface area (Å²) < 4.78 is 22.5. The average molecular weight is 247 g/mol. The summed E-state index contributed by atoms with van der Waals surface area (Å²) in [6.07, 6.45) is -0.246. The van der Waals surface area contributed by atoms with E-state index in [1.807, 2.05) is 0 Å². The van der Waals surface area contributed by atoms with Crippen LogP contribution >= 0.6 is 23.2 Å². The van der Waals surface area contributed by atoms with E-state index in [0.29, 0.717) is 0 Å². The van der Waals surface area contributed by atoms with Crippen molar-refractivity contribution >= 4 is 35.0 Å². The van der Waals surface area contributed by atoms with Crippen LogP contribution in [0.3, 0.4) is 0 Å². The molecular formula is C7H6Cl2F2O3. The van der Waals surface area contributed by atoms with Crippen LogP contribution < -0.4 is 0 Å². The molecule has 0 aromatic rings. The minimum Gasteiger partial charge on any atom is -0.479 e. The lowest BCUT2D eigenvalue weighted by Gasteiger charge is -2.19. The number of carboxylic acid groups (broad SMARTS) is 1. The molecule has 0 fully saturated rings. The summed E-state index contributed by atoms with van der Waals surface area (Å²) in [7, 11) is 0. The molecule has 0 atom stereocenters. The summed E-state index contributed by atoms with van der Waals surface area (Å²) in [6.45, 7) is 2.99. The largest absolute Gasteiger partial charge is 0.479 e. The zero-order valence-electron chi connectivity index (χ0n) is 6.77. The van der Waals surface area contributed by atoms with Crippen molar-refractivity contribution in [3.63, 3.8) is 0 Å². The smallest absolute Gasteiger partial charge is 0.348 e. The quantitative estimate of drug-likeness (QED) is 0.459. The van der Waals surface area contributed by atoms with E-state index in [4.69, 9.17) is 28.3 Å². The Labute approximate surface area is 88.3 Å². The number of halogens is 4. The predicted molar refractivity (Wildman–Crippen MR) is 46.8 cm³/mol. The van der Waals surface area contributed by atoms with Crippen LogP contribution in [0.4, 0.5) is 8.78 Å². The topological polar surface area (TPSA) is 54.4 Å². The number of hydrogen-bond acceptors (Lipinski definition) is 2. The standard InChI is InChI=1S/C7H6Cl2F2O3/c1-2-3-6(10,11)4(12)7(8,9)5(13)14/h2H,1,3H2,(H,13,14). The van der Waals surface area contributed by atoms with Crippen molar-refractivity contribution in [2.45, 2.75) is 16.7 Å². The molecule has 0 aromatic heterocycles. The van der Waals surface area contributed by atoms with Crippen LogP contribution in [0.5, 0.6) is 0 Å². The molecule has 0 bridgehead atoms. The lowest BCUT2D eigenvalue weighted by molar-refractivity contribution is -0.151. The van der Waals surface area contributed by atoms with Crippen LogP contribution in [-0.4, -0.2) is 27.1 Å². The average Bonchev–Trinajstić information content (AvgIpc) is 2.02. The van der Waals surface area contributed by atoms with Gasteiger partial charge in [-0.25, -0.2) is 4.79 Å². The monoisotopic (exact) mass is 246 g/mol. The van der Waals surface area contributed by atoms with Gasteiger partial charge in [-0.05, 0) is 0 Å². The Bertz CT molecular complexity index is 276. The fraction of sp³-hybridized carbons (Fsp3) is 0.429. The summed E-state index contributed by atoms with van der Waals surface area (Å²) >= 11 is 9.89. The number of ketones is 1. The highest BCUT2D eigenvalue weighted by Gasteiger charge is 2.54. The molecule has 14 heavy (non-hydrogen) atoms. The molecule has 0 aliphatic rings. The van der Waals surface area contributed by atoms with Crippen molar-refractivity contribution in [3.05, 3.63) is 12.7 Å². The van der Waals surface area contributed by atoms with Crippen LogP contribution in [0.1, 0.15) is 6.42 Å². The molecule has 0 aliphatic carbocycles. The maximum atomic E-state index is 12.8. The number of allylic oxidation sites excluding steroid dienone is 1. The number of Topliss-reactive ketones (excluding diaryl/α,β-unsaturated/α-hetero) is 1. The lowest BCUT2D eigenvalue weighted by atomic mass is 10.1. The SMILES string of the molecule is C=CCC(F)(F)C(=O)C(Cl)(Cl)C(=O)O. The maximum Gasteiger partial charge on any atom is 0.348 e. The molecule has 7 heteroatoms. The Balaban J connectivity index is 4.94. The molecule has 0 radical (unpaired) electrons. The normalized spacial score (nSPS) is 12.3. The molecule has 0 heterocycles. The number of alkyl halides is 4. The second kappa shape index (κ2) is 4.23. The van der Waals surface area contributed by atoms with Crippen LogP contribution in [-0.2, 0) is 9.59 Å². The van der Waals surface area contributed by atoms with E-state index in [2.05, 4.69) is 6.58 Å². The highest BCUT2D eigenvalue weighted by atomic mass is 35.5. The van der Waals surface area contributed by atoms with Gasteiger partial charge >= 0.3 is 11.9 Å².